The molecule has 0 spiro atoms. The average Bonchev–Trinajstić information content (AvgIpc) is 3.64. The van der Waals surface area contributed by atoms with Gasteiger partial charge in [0.25, 0.3) is 0 Å². The highest BCUT2D eigenvalue weighted by Gasteiger charge is 2.26. The fraction of sp³-hybridized carbons (Fsp3) is 0.179. The van der Waals surface area contributed by atoms with Gasteiger partial charge >= 0.3 is 5.97 Å². The molecule has 37 heavy (non-hydrogen) atoms. The van der Waals surface area contributed by atoms with E-state index in [4.69, 9.17) is 19.2 Å². The van der Waals surface area contributed by atoms with Gasteiger partial charge in [0.05, 0.1) is 40.1 Å². The summed E-state index contributed by atoms with van der Waals surface area (Å²) in [5.41, 5.74) is 9.13. The lowest BCUT2D eigenvalue weighted by molar-refractivity contribution is 0.0519. The van der Waals surface area contributed by atoms with Gasteiger partial charge in [-0.2, -0.15) is 0 Å². The molecule has 1 unspecified atom stereocenters. The van der Waals surface area contributed by atoms with Crippen molar-refractivity contribution >= 4 is 39.2 Å². The van der Waals surface area contributed by atoms with Crippen molar-refractivity contribution in [3.05, 3.63) is 94.2 Å². The van der Waals surface area contributed by atoms with Gasteiger partial charge < -0.3 is 13.8 Å². The molecular formula is C28H23N5O3S. The fourth-order valence-electron chi connectivity index (χ4n) is 4.87. The summed E-state index contributed by atoms with van der Waals surface area (Å²) in [6.07, 6.45) is 3.53. The Bertz CT molecular complexity index is 1720. The second-order valence-electron chi connectivity index (χ2n) is 8.69. The van der Waals surface area contributed by atoms with Crippen LogP contribution in [0.1, 0.15) is 46.2 Å². The Morgan fingerprint density at radius 2 is 1.92 bits per heavy atom. The van der Waals surface area contributed by atoms with Gasteiger partial charge in [0, 0.05) is 34.3 Å². The van der Waals surface area contributed by atoms with Crippen LogP contribution < -0.4 is 0 Å². The maximum absolute atomic E-state index is 12.6. The van der Waals surface area contributed by atoms with Crippen molar-refractivity contribution < 1.29 is 14.1 Å². The van der Waals surface area contributed by atoms with E-state index in [0.717, 1.165) is 55.8 Å². The first-order valence-electron chi connectivity index (χ1n) is 11.9. The van der Waals surface area contributed by atoms with Crippen LogP contribution in [0.3, 0.4) is 0 Å². The van der Waals surface area contributed by atoms with E-state index >= 15 is 0 Å². The van der Waals surface area contributed by atoms with Crippen LogP contribution in [-0.4, -0.2) is 37.3 Å². The number of carbonyl (C=O) groups is 1. The first kappa shape index (κ1) is 23.1. The summed E-state index contributed by atoms with van der Waals surface area (Å²) in [6.45, 7) is 5.87. The monoisotopic (exact) mass is 509 g/mol. The number of nitrogens with zero attached hydrogens (tertiary/aromatic N) is 5. The van der Waals surface area contributed by atoms with Crippen molar-refractivity contribution in [2.24, 2.45) is 0 Å². The van der Waals surface area contributed by atoms with Crippen LogP contribution in [0.5, 0.6) is 0 Å². The lowest BCUT2D eigenvalue weighted by atomic mass is 10.0. The summed E-state index contributed by atoms with van der Waals surface area (Å²) in [4.78, 5) is 26.6. The average molecular weight is 510 g/mol. The Kier molecular flexibility index (Phi) is 5.77. The van der Waals surface area contributed by atoms with Gasteiger partial charge in [0.15, 0.2) is 0 Å². The number of carbonyl (C=O) groups excluding carboxylic acids is 1. The standard InChI is InChI=1S/C28H23N5O3S/c1-4-35-28(34)21-11-23-20(13-29-21)26-24(10-19(12-30-26)25-16(2)32-36-17(25)3)33(23)27(22-14-37-15-31-22)18-8-6-5-7-9-18/h5-15,27H,4H2,1-3H3. The van der Waals surface area contributed by atoms with Crippen molar-refractivity contribution in [2.75, 3.05) is 6.61 Å². The van der Waals surface area contributed by atoms with Crippen molar-refractivity contribution in [1.29, 1.82) is 0 Å². The summed E-state index contributed by atoms with van der Waals surface area (Å²) < 4.78 is 12.9. The Morgan fingerprint density at radius 3 is 2.62 bits per heavy atom. The number of esters is 1. The molecule has 0 aliphatic rings. The van der Waals surface area contributed by atoms with Crippen LogP contribution in [0.15, 0.2) is 70.3 Å². The van der Waals surface area contributed by atoms with E-state index in [2.05, 4.69) is 32.9 Å². The number of hydrogen-bond donors (Lipinski definition) is 0. The number of pyridine rings is 2. The molecule has 1 atom stereocenters. The highest BCUT2D eigenvalue weighted by molar-refractivity contribution is 7.07. The maximum atomic E-state index is 12.6. The molecule has 0 saturated carbocycles. The van der Waals surface area contributed by atoms with Crippen LogP contribution in [0.4, 0.5) is 0 Å². The molecule has 5 aromatic heterocycles. The molecule has 0 aliphatic heterocycles. The van der Waals surface area contributed by atoms with Gasteiger partial charge in [0.2, 0.25) is 0 Å². The summed E-state index contributed by atoms with van der Waals surface area (Å²) in [7, 11) is 0. The minimum Gasteiger partial charge on any atom is -0.461 e. The molecule has 0 saturated heterocycles. The Morgan fingerprint density at radius 1 is 1.08 bits per heavy atom. The van der Waals surface area contributed by atoms with E-state index in [0.29, 0.717) is 0 Å². The second-order valence-corrected chi connectivity index (χ2v) is 9.41. The lowest BCUT2D eigenvalue weighted by Gasteiger charge is -2.21. The predicted octanol–water partition coefficient (Wildman–Crippen LogP) is 6.13. The van der Waals surface area contributed by atoms with Crippen LogP contribution in [0.2, 0.25) is 0 Å². The van der Waals surface area contributed by atoms with Crippen molar-refractivity contribution in [2.45, 2.75) is 26.8 Å². The van der Waals surface area contributed by atoms with Gasteiger partial charge in [-0.3, -0.25) is 4.98 Å². The van der Waals surface area contributed by atoms with Gasteiger partial charge in [-0.1, -0.05) is 35.5 Å². The maximum Gasteiger partial charge on any atom is 0.356 e. The molecule has 6 rings (SSSR count). The lowest BCUT2D eigenvalue weighted by Crippen LogP contribution is -2.13. The summed E-state index contributed by atoms with van der Waals surface area (Å²) in [5, 5.41) is 7.02. The van der Waals surface area contributed by atoms with E-state index < -0.39 is 5.97 Å². The minimum atomic E-state index is -0.463. The van der Waals surface area contributed by atoms with Gasteiger partial charge in [-0.15, -0.1) is 11.3 Å². The number of aryl methyl sites for hydroxylation is 2. The zero-order valence-corrected chi connectivity index (χ0v) is 21.3. The third-order valence-electron chi connectivity index (χ3n) is 6.44. The molecule has 8 nitrogen and oxygen atoms in total. The molecule has 0 radical (unpaired) electrons. The number of hydrogen-bond acceptors (Lipinski definition) is 8. The fourth-order valence-corrected chi connectivity index (χ4v) is 5.44. The van der Waals surface area contributed by atoms with E-state index in [1.54, 1.807) is 30.5 Å². The molecule has 5 heterocycles. The zero-order valence-electron chi connectivity index (χ0n) is 20.5. The molecule has 1 aromatic carbocycles. The molecular weight excluding hydrogens is 486 g/mol. The molecule has 184 valence electrons. The number of aromatic nitrogens is 5. The zero-order chi connectivity index (χ0) is 25.5. The van der Waals surface area contributed by atoms with E-state index in [-0.39, 0.29) is 18.3 Å². The number of ether oxygens (including phenoxy) is 1. The SMILES string of the molecule is CCOC(=O)c1cc2c(cn1)c1ncc(-c3c(C)noc3C)cc1n2C(c1ccccc1)c1cscn1. The Labute approximate surface area is 216 Å². The predicted molar refractivity (Wildman–Crippen MR) is 142 cm³/mol. The molecule has 0 bridgehead atoms. The highest BCUT2D eigenvalue weighted by Crippen LogP contribution is 2.38. The number of rotatable bonds is 6. The van der Waals surface area contributed by atoms with Crippen molar-refractivity contribution in [3.63, 3.8) is 0 Å². The van der Waals surface area contributed by atoms with Gasteiger partial charge in [-0.05, 0) is 38.5 Å². The van der Waals surface area contributed by atoms with Crippen LogP contribution in [0.25, 0.3) is 33.1 Å². The summed E-state index contributed by atoms with van der Waals surface area (Å²) in [5.74, 6) is 0.266. The van der Waals surface area contributed by atoms with Gasteiger partial charge in [-0.25, -0.2) is 14.8 Å². The van der Waals surface area contributed by atoms with E-state index in [9.17, 15) is 4.79 Å². The third-order valence-corrected chi connectivity index (χ3v) is 7.04. The smallest absolute Gasteiger partial charge is 0.356 e. The quantitative estimate of drug-likeness (QED) is 0.249. The first-order chi connectivity index (χ1) is 18.1. The van der Waals surface area contributed by atoms with Crippen LogP contribution >= 0.6 is 11.3 Å². The summed E-state index contributed by atoms with van der Waals surface area (Å²) >= 11 is 1.54. The van der Waals surface area contributed by atoms with Crippen LogP contribution in [-0.2, 0) is 4.74 Å². The topological polar surface area (TPSA) is 95.9 Å². The number of thiazole rings is 1. The molecule has 0 aliphatic carbocycles. The third kappa shape index (κ3) is 3.88. The van der Waals surface area contributed by atoms with E-state index in [1.807, 2.05) is 49.1 Å². The number of fused-ring (bicyclic) bond motifs is 3. The van der Waals surface area contributed by atoms with Crippen LogP contribution in [0, 0.1) is 13.8 Å². The summed E-state index contributed by atoms with van der Waals surface area (Å²) in [6, 6.07) is 13.8. The van der Waals surface area contributed by atoms with Crippen molar-refractivity contribution in [1.82, 2.24) is 24.7 Å². The number of benzene rings is 1. The normalized spacial score (nSPS) is 12.3. The Hall–Kier alpha value is -4.37. The second kappa shape index (κ2) is 9.25. The molecule has 9 heteroatoms. The minimum absolute atomic E-state index is 0.245. The molecule has 0 fully saturated rings. The molecule has 0 amide bonds. The molecule has 6 aromatic rings. The molecule has 0 N–H and O–H groups in total. The van der Waals surface area contributed by atoms with Crippen molar-refractivity contribution in [3.8, 4) is 11.1 Å². The largest absolute Gasteiger partial charge is 0.461 e. The van der Waals surface area contributed by atoms with Gasteiger partial charge in [0.1, 0.15) is 17.5 Å². The Balaban J connectivity index is 1.71. The highest BCUT2D eigenvalue weighted by atomic mass is 32.1. The first-order valence-corrected chi connectivity index (χ1v) is 12.8. The van der Waals surface area contributed by atoms with E-state index in [1.165, 1.54) is 0 Å².